The maximum atomic E-state index is 13.6. The highest BCUT2D eigenvalue weighted by Crippen LogP contribution is 2.45. The van der Waals surface area contributed by atoms with Gasteiger partial charge in [-0.2, -0.15) is 22.0 Å². The zero-order valence-electron chi connectivity index (χ0n) is 10.4. The van der Waals surface area contributed by atoms with Gasteiger partial charge in [0.1, 0.15) is 11.9 Å². The first kappa shape index (κ1) is 16.4. The minimum atomic E-state index is -5.90. The Morgan fingerprint density at radius 1 is 1.00 bits per heavy atom. The first-order chi connectivity index (χ1) is 9.06. The largest absolute Gasteiger partial charge is 0.493 e. The predicted octanol–water partition coefficient (Wildman–Crippen LogP) is 3.04. The molecule has 0 heterocycles. The van der Waals surface area contributed by atoms with Gasteiger partial charge >= 0.3 is 12.1 Å². The fourth-order valence-corrected chi connectivity index (χ4v) is 1.48. The lowest BCUT2D eigenvalue weighted by Crippen LogP contribution is -2.46. The van der Waals surface area contributed by atoms with Crippen molar-refractivity contribution in [1.29, 1.82) is 0 Å². The lowest BCUT2D eigenvalue weighted by Gasteiger charge is -2.26. The molecule has 0 spiro atoms. The van der Waals surface area contributed by atoms with Gasteiger partial charge in [0.05, 0.1) is 14.2 Å². The molecule has 3 nitrogen and oxygen atoms in total. The molecule has 1 aromatic rings. The van der Waals surface area contributed by atoms with Crippen molar-refractivity contribution in [1.82, 2.24) is 0 Å². The molecular weight excluding hydrogens is 292 g/mol. The molecule has 1 atom stereocenters. The Morgan fingerprint density at radius 2 is 1.45 bits per heavy atom. The van der Waals surface area contributed by atoms with Crippen LogP contribution in [0.15, 0.2) is 12.1 Å². The molecule has 20 heavy (non-hydrogen) atoms. The molecule has 0 amide bonds. The van der Waals surface area contributed by atoms with Crippen LogP contribution in [0.1, 0.15) is 11.6 Å². The Bertz CT molecular complexity index is 489. The van der Waals surface area contributed by atoms with Gasteiger partial charge in [-0.15, -0.1) is 0 Å². The summed E-state index contributed by atoms with van der Waals surface area (Å²) in [6, 6.07) is -1.62. The van der Waals surface area contributed by atoms with E-state index in [-0.39, 0.29) is 11.5 Å². The number of benzene rings is 1. The summed E-state index contributed by atoms with van der Waals surface area (Å²) in [7, 11) is 2.27. The molecule has 0 saturated heterocycles. The number of ether oxygens (including phenoxy) is 2. The average molecular weight is 303 g/mol. The number of hydrogen-bond acceptors (Lipinski definition) is 3. The van der Waals surface area contributed by atoms with Gasteiger partial charge in [0.15, 0.2) is 11.5 Å². The maximum absolute atomic E-state index is 13.6. The zero-order valence-corrected chi connectivity index (χ0v) is 10.4. The Morgan fingerprint density at radius 3 is 1.85 bits per heavy atom. The number of halogens is 6. The summed E-state index contributed by atoms with van der Waals surface area (Å²) < 4.78 is 85.9. The standard InChI is InChI=1S/C11H11F6NO2/c1-19-7-3-5(6(12)4-8(7)20-2)9(18)10(13,14)11(15,16)17/h3-4,9H,18H2,1-2H3/t9-/m0/s1. The van der Waals surface area contributed by atoms with Crippen molar-refractivity contribution in [3.05, 3.63) is 23.5 Å². The predicted molar refractivity (Wildman–Crippen MR) is 57.4 cm³/mol. The third-order valence-corrected chi connectivity index (χ3v) is 2.61. The number of rotatable bonds is 4. The molecular formula is C11H11F6NO2. The topological polar surface area (TPSA) is 44.5 Å². The van der Waals surface area contributed by atoms with Gasteiger partial charge in [0.2, 0.25) is 0 Å². The monoisotopic (exact) mass is 303 g/mol. The van der Waals surface area contributed by atoms with Crippen LogP contribution in [0, 0.1) is 5.82 Å². The summed E-state index contributed by atoms with van der Waals surface area (Å²) in [5.41, 5.74) is 3.85. The number of hydrogen-bond donors (Lipinski definition) is 1. The van der Waals surface area contributed by atoms with Crippen molar-refractivity contribution < 1.29 is 35.8 Å². The zero-order chi connectivity index (χ0) is 15.7. The molecule has 0 radical (unpaired) electrons. The van der Waals surface area contributed by atoms with Crippen LogP contribution >= 0.6 is 0 Å². The molecule has 0 aliphatic carbocycles. The summed E-state index contributed by atoms with van der Waals surface area (Å²) in [6.45, 7) is 0. The van der Waals surface area contributed by atoms with Crippen molar-refractivity contribution in [2.24, 2.45) is 5.73 Å². The van der Waals surface area contributed by atoms with Crippen LogP contribution in [0.4, 0.5) is 26.3 Å². The number of methoxy groups -OCH3 is 2. The van der Waals surface area contributed by atoms with Gasteiger partial charge in [-0.3, -0.25) is 0 Å². The van der Waals surface area contributed by atoms with Gasteiger partial charge in [-0.05, 0) is 6.07 Å². The van der Waals surface area contributed by atoms with E-state index >= 15 is 0 Å². The molecule has 9 heteroatoms. The molecule has 0 fully saturated rings. The van der Waals surface area contributed by atoms with Crippen LogP contribution in [-0.4, -0.2) is 26.3 Å². The second-order valence-corrected chi connectivity index (χ2v) is 3.83. The first-order valence-electron chi connectivity index (χ1n) is 5.17. The van der Waals surface area contributed by atoms with Gasteiger partial charge in [0, 0.05) is 11.6 Å². The van der Waals surface area contributed by atoms with E-state index in [4.69, 9.17) is 10.5 Å². The average Bonchev–Trinajstić information content (AvgIpc) is 2.36. The van der Waals surface area contributed by atoms with E-state index in [0.717, 1.165) is 14.2 Å². The van der Waals surface area contributed by atoms with Crippen molar-refractivity contribution >= 4 is 0 Å². The highest BCUT2D eigenvalue weighted by atomic mass is 19.4. The van der Waals surface area contributed by atoms with E-state index in [9.17, 15) is 26.3 Å². The summed E-state index contributed by atoms with van der Waals surface area (Å²) in [6.07, 6.45) is -5.90. The molecule has 0 unspecified atom stereocenters. The van der Waals surface area contributed by atoms with Crippen LogP contribution in [-0.2, 0) is 0 Å². The van der Waals surface area contributed by atoms with Crippen molar-refractivity contribution in [3.63, 3.8) is 0 Å². The van der Waals surface area contributed by atoms with Crippen molar-refractivity contribution in [3.8, 4) is 11.5 Å². The Kier molecular flexibility index (Phi) is 4.42. The molecule has 2 N–H and O–H groups in total. The molecule has 0 aliphatic rings. The summed E-state index contributed by atoms with van der Waals surface area (Å²) in [5, 5.41) is 0. The van der Waals surface area contributed by atoms with Gasteiger partial charge in [-0.1, -0.05) is 0 Å². The normalized spacial score (nSPS) is 14.1. The molecule has 114 valence electrons. The summed E-state index contributed by atoms with van der Waals surface area (Å²) >= 11 is 0. The third kappa shape index (κ3) is 2.77. The SMILES string of the molecule is COc1cc(F)c([C@H](N)C(F)(F)C(F)(F)F)cc1OC. The van der Waals surface area contributed by atoms with E-state index in [1.807, 2.05) is 0 Å². The van der Waals surface area contributed by atoms with Gasteiger partial charge < -0.3 is 15.2 Å². The van der Waals surface area contributed by atoms with Gasteiger partial charge in [0.25, 0.3) is 0 Å². The first-order valence-corrected chi connectivity index (χ1v) is 5.17. The third-order valence-electron chi connectivity index (χ3n) is 2.61. The minimum Gasteiger partial charge on any atom is -0.493 e. The fourth-order valence-electron chi connectivity index (χ4n) is 1.48. The molecule has 0 aliphatic heterocycles. The minimum absolute atomic E-state index is 0.156. The van der Waals surface area contributed by atoms with E-state index in [1.54, 1.807) is 0 Å². The molecule has 0 bridgehead atoms. The second-order valence-electron chi connectivity index (χ2n) is 3.83. The number of alkyl halides is 5. The Labute approximate surface area is 110 Å². The highest BCUT2D eigenvalue weighted by molar-refractivity contribution is 5.45. The molecule has 0 aromatic heterocycles. The van der Waals surface area contributed by atoms with Crippen LogP contribution in [0.3, 0.4) is 0 Å². The van der Waals surface area contributed by atoms with Gasteiger partial charge in [-0.25, -0.2) is 4.39 Å². The lowest BCUT2D eigenvalue weighted by atomic mass is 9.99. The summed E-state index contributed by atoms with van der Waals surface area (Å²) in [4.78, 5) is 0. The van der Waals surface area contributed by atoms with E-state index < -0.39 is 29.5 Å². The summed E-state index contributed by atoms with van der Waals surface area (Å²) in [5.74, 6) is -7.00. The molecule has 1 rings (SSSR count). The van der Waals surface area contributed by atoms with Crippen molar-refractivity contribution in [2.45, 2.75) is 18.1 Å². The quantitative estimate of drug-likeness (QED) is 0.870. The fraction of sp³-hybridized carbons (Fsp3) is 0.455. The highest BCUT2D eigenvalue weighted by Gasteiger charge is 2.62. The molecule has 1 aromatic carbocycles. The lowest BCUT2D eigenvalue weighted by molar-refractivity contribution is -0.291. The van der Waals surface area contributed by atoms with E-state index in [1.165, 1.54) is 0 Å². The smallest absolute Gasteiger partial charge is 0.455 e. The Balaban J connectivity index is 3.33. The van der Waals surface area contributed by atoms with Crippen LogP contribution in [0.25, 0.3) is 0 Å². The number of nitrogens with two attached hydrogens (primary N) is 1. The van der Waals surface area contributed by atoms with E-state index in [0.29, 0.717) is 12.1 Å². The molecule has 0 saturated carbocycles. The Hall–Kier alpha value is -1.64. The van der Waals surface area contributed by atoms with Crippen LogP contribution in [0.2, 0.25) is 0 Å². The van der Waals surface area contributed by atoms with Crippen LogP contribution < -0.4 is 15.2 Å². The van der Waals surface area contributed by atoms with Crippen LogP contribution in [0.5, 0.6) is 11.5 Å². The van der Waals surface area contributed by atoms with E-state index in [2.05, 4.69) is 4.74 Å². The maximum Gasteiger partial charge on any atom is 0.455 e. The second kappa shape index (κ2) is 5.39. The van der Waals surface area contributed by atoms with Crippen molar-refractivity contribution in [2.75, 3.05) is 14.2 Å².